The molecule has 0 aliphatic heterocycles. The topological polar surface area (TPSA) is 84.2 Å². The number of nitrogens with one attached hydrogen (secondary N) is 2. The van der Waals surface area contributed by atoms with Gasteiger partial charge in [0, 0.05) is 6.54 Å². The Bertz CT molecular complexity index is 393. The fourth-order valence-corrected chi connectivity index (χ4v) is 1.58. The van der Waals surface area contributed by atoms with Crippen LogP contribution in [0.4, 0.5) is 0 Å². The fourth-order valence-electron chi connectivity index (χ4n) is 1.58. The standard InChI is InChI=1S/C14H21N3O2/c15-8-4-5-9-16-14(19)11-17-13(18)10-12-6-2-1-3-7-12/h1-3,6-7H,4-5,8-11,15H2,(H,16,19)(H,17,18). The summed E-state index contributed by atoms with van der Waals surface area (Å²) in [5.74, 6) is -0.318. The summed E-state index contributed by atoms with van der Waals surface area (Å²) in [5.41, 5.74) is 6.28. The summed E-state index contributed by atoms with van der Waals surface area (Å²) in [4.78, 5) is 23.0. The molecule has 4 N–H and O–H groups in total. The molecule has 0 aromatic heterocycles. The van der Waals surface area contributed by atoms with Crippen LogP contribution in [0.15, 0.2) is 30.3 Å². The molecule has 1 rings (SSSR count). The molecule has 19 heavy (non-hydrogen) atoms. The Morgan fingerprint density at radius 3 is 2.42 bits per heavy atom. The Morgan fingerprint density at radius 2 is 1.74 bits per heavy atom. The van der Waals surface area contributed by atoms with Gasteiger partial charge in [0.15, 0.2) is 0 Å². The first-order valence-electron chi connectivity index (χ1n) is 6.49. The maximum absolute atomic E-state index is 11.6. The number of hydrogen-bond acceptors (Lipinski definition) is 3. The van der Waals surface area contributed by atoms with Crippen molar-refractivity contribution in [2.24, 2.45) is 5.73 Å². The average molecular weight is 263 g/mol. The molecule has 5 heteroatoms. The van der Waals surface area contributed by atoms with Gasteiger partial charge in [-0.2, -0.15) is 0 Å². The van der Waals surface area contributed by atoms with Crippen molar-refractivity contribution in [3.05, 3.63) is 35.9 Å². The first-order valence-corrected chi connectivity index (χ1v) is 6.49. The van der Waals surface area contributed by atoms with Crippen molar-refractivity contribution in [1.82, 2.24) is 10.6 Å². The maximum Gasteiger partial charge on any atom is 0.239 e. The number of benzene rings is 1. The van der Waals surface area contributed by atoms with Crippen LogP contribution in [-0.4, -0.2) is 31.4 Å². The van der Waals surface area contributed by atoms with Gasteiger partial charge in [-0.15, -0.1) is 0 Å². The maximum atomic E-state index is 11.6. The lowest BCUT2D eigenvalue weighted by molar-refractivity contribution is -0.125. The van der Waals surface area contributed by atoms with E-state index in [9.17, 15) is 9.59 Å². The molecule has 2 amide bonds. The molecule has 5 nitrogen and oxygen atoms in total. The Labute approximate surface area is 113 Å². The smallest absolute Gasteiger partial charge is 0.239 e. The second-order valence-corrected chi connectivity index (χ2v) is 4.28. The van der Waals surface area contributed by atoms with Crippen LogP contribution in [0.2, 0.25) is 0 Å². The van der Waals surface area contributed by atoms with E-state index >= 15 is 0 Å². The van der Waals surface area contributed by atoms with E-state index in [0.29, 0.717) is 19.5 Å². The summed E-state index contributed by atoms with van der Waals surface area (Å²) >= 11 is 0. The van der Waals surface area contributed by atoms with E-state index in [0.717, 1.165) is 18.4 Å². The van der Waals surface area contributed by atoms with Gasteiger partial charge in [-0.3, -0.25) is 9.59 Å². The van der Waals surface area contributed by atoms with Crippen LogP contribution in [0.5, 0.6) is 0 Å². The monoisotopic (exact) mass is 263 g/mol. The molecule has 0 spiro atoms. The van der Waals surface area contributed by atoms with Crippen LogP contribution >= 0.6 is 0 Å². The Hall–Kier alpha value is -1.88. The molecule has 0 saturated heterocycles. The van der Waals surface area contributed by atoms with E-state index in [4.69, 9.17) is 5.73 Å². The van der Waals surface area contributed by atoms with Crippen LogP contribution in [-0.2, 0) is 16.0 Å². The molecule has 0 unspecified atom stereocenters. The lowest BCUT2D eigenvalue weighted by Gasteiger charge is -2.06. The number of nitrogens with two attached hydrogens (primary N) is 1. The van der Waals surface area contributed by atoms with Gasteiger partial charge in [0.2, 0.25) is 11.8 Å². The van der Waals surface area contributed by atoms with Gasteiger partial charge in [0.25, 0.3) is 0 Å². The Morgan fingerprint density at radius 1 is 1.00 bits per heavy atom. The first-order chi connectivity index (χ1) is 9.22. The summed E-state index contributed by atoms with van der Waals surface area (Å²) in [5, 5.41) is 5.32. The van der Waals surface area contributed by atoms with Crippen molar-refractivity contribution in [3.63, 3.8) is 0 Å². The minimum absolute atomic E-state index is 0.0221. The molecule has 104 valence electrons. The molecule has 1 aromatic rings. The molecule has 0 heterocycles. The van der Waals surface area contributed by atoms with Crippen molar-refractivity contribution in [1.29, 1.82) is 0 Å². The highest BCUT2D eigenvalue weighted by Gasteiger charge is 2.05. The van der Waals surface area contributed by atoms with E-state index in [-0.39, 0.29) is 18.4 Å². The fraction of sp³-hybridized carbons (Fsp3) is 0.429. The molecule has 0 aliphatic rings. The molecular formula is C14H21N3O2. The molecule has 0 atom stereocenters. The average Bonchev–Trinajstić information content (AvgIpc) is 2.42. The largest absolute Gasteiger partial charge is 0.355 e. The van der Waals surface area contributed by atoms with E-state index in [1.165, 1.54) is 0 Å². The molecule has 0 bridgehead atoms. The second kappa shape index (κ2) is 9.10. The number of rotatable bonds is 8. The molecule has 0 fully saturated rings. The third-order valence-corrected chi connectivity index (χ3v) is 2.61. The number of amides is 2. The van der Waals surface area contributed by atoms with Crippen LogP contribution in [0.1, 0.15) is 18.4 Å². The van der Waals surface area contributed by atoms with Crippen molar-refractivity contribution in [3.8, 4) is 0 Å². The van der Waals surface area contributed by atoms with Crippen molar-refractivity contribution in [2.75, 3.05) is 19.6 Å². The normalized spacial score (nSPS) is 9.95. The number of carbonyl (C=O) groups is 2. The summed E-state index contributed by atoms with van der Waals surface area (Å²) in [6, 6.07) is 9.43. The third kappa shape index (κ3) is 7.21. The van der Waals surface area contributed by atoms with Gasteiger partial charge in [-0.25, -0.2) is 0 Å². The van der Waals surface area contributed by atoms with Gasteiger partial charge >= 0.3 is 0 Å². The quantitative estimate of drug-likeness (QED) is 0.586. The summed E-state index contributed by atoms with van der Waals surface area (Å²) in [6.07, 6.45) is 2.04. The van der Waals surface area contributed by atoms with Crippen molar-refractivity contribution < 1.29 is 9.59 Å². The second-order valence-electron chi connectivity index (χ2n) is 4.28. The highest BCUT2D eigenvalue weighted by atomic mass is 16.2. The predicted octanol–water partition coefficient (Wildman–Crippen LogP) is 0.200. The summed E-state index contributed by atoms with van der Waals surface area (Å²) < 4.78 is 0. The van der Waals surface area contributed by atoms with Crippen molar-refractivity contribution in [2.45, 2.75) is 19.3 Å². The van der Waals surface area contributed by atoms with Crippen LogP contribution in [0, 0.1) is 0 Å². The number of hydrogen-bond donors (Lipinski definition) is 3. The highest BCUT2D eigenvalue weighted by Crippen LogP contribution is 1.98. The molecule has 0 radical (unpaired) electrons. The molecular weight excluding hydrogens is 242 g/mol. The SMILES string of the molecule is NCCCCNC(=O)CNC(=O)Cc1ccccc1. The minimum atomic E-state index is -0.168. The van der Waals surface area contributed by atoms with Crippen LogP contribution < -0.4 is 16.4 Å². The van der Waals surface area contributed by atoms with E-state index in [1.807, 2.05) is 30.3 Å². The van der Waals surface area contributed by atoms with Gasteiger partial charge < -0.3 is 16.4 Å². The van der Waals surface area contributed by atoms with Crippen LogP contribution in [0.25, 0.3) is 0 Å². The molecule has 0 saturated carbocycles. The van der Waals surface area contributed by atoms with Gasteiger partial charge in [0.1, 0.15) is 0 Å². The number of unbranched alkanes of at least 4 members (excludes halogenated alkanes) is 1. The molecule has 1 aromatic carbocycles. The Balaban J connectivity index is 2.14. The predicted molar refractivity (Wildman–Crippen MR) is 74.5 cm³/mol. The zero-order valence-electron chi connectivity index (χ0n) is 11.0. The van der Waals surface area contributed by atoms with Gasteiger partial charge in [0.05, 0.1) is 13.0 Å². The van der Waals surface area contributed by atoms with E-state index in [1.54, 1.807) is 0 Å². The first kappa shape index (κ1) is 15.2. The third-order valence-electron chi connectivity index (χ3n) is 2.61. The zero-order chi connectivity index (χ0) is 13.9. The van der Waals surface area contributed by atoms with Crippen LogP contribution in [0.3, 0.4) is 0 Å². The van der Waals surface area contributed by atoms with Gasteiger partial charge in [-0.05, 0) is 24.9 Å². The molecule has 0 aliphatic carbocycles. The summed E-state index contributed by atoms with van der Waals surface area (Å²) in [7, 11) is 0. The van der Waals surface area contributed by atoms with E-state index < -0.39 is 0 Å². The zero-order valence-corrected chi connectivity index (χ0v) is 11.0. The lowest BCUT2D eigenvalue weighted by Crippen LogP contribution is -2.37. The van der Waals surface area contributed by atoms with Crippen molar-refractivity contribution >= 4 is 11.8 Å². The van der Waals surface area contributed by atoms with E-state index in [2.05, 4.69) is 10.6 Å². The number of carbonyl (C=O) groups excluding carboxylic acids is 2. The summed E-state index contributed by atoms with van der Waals surface area (Å²) in [6.45, 7) is 1.25. The minimum Gasteiger partial charge on any atom is -0.355 e. The lowest BCUT2D eigenvalue weighted by atomic mass is 10.1. The highest BCUT2D eigenvalue weighted by molar-refractivity contribution is 5.85. The van der Waals surface area contributed by atoms with Gasteiger partial charge in [-0.1, -0.05) is 30.3 Å². The Kier molecular flexibility index (Phi) is 7.27.